The minimum absolute atomic E-state index is 0.0193. The molecule has 0 aliphatic rings. The van der Waals surface area contributed by atoms with Crippen LogP contribution < -0.4 is 10.1 Å². The molecular formula is C14H15N5O4. The number of aryl methyl sites for hydroxylation is 3. The molecule has 0 aliphatic heterocycles. The molecule has 9 heteroatoms. The fraction of sp³-hybridized carbons (Fsp3) is 0.286. The number of anilines is 1. The average molecular weight is 317 g/mol. The largest absolute Gasteiger partial charge is 0.479 e. The van der Waals surface area contributed by atoms with Crippen LogP contribution in [0.3, 0.4) is 0 Å². The summed E-state index contributed by atoms with van der Waals surface area (Å²) >= 11 is 0. The molecule has 0 radical (unpaired) electrons. The quantitative estimate of drug-likeness (QED) is 0.783. The third-order valence-electron chi connectivity index (χ3n) is 3.15. The molecule has 120 valence electrons. The van der Waals surface area contributed by atoms with Crippen LogP contribution in [0.1, 0.15) is 21.9 Å². The Bertz CT molecular complexity index is 861. The maximum absolute atomic E-state index is 12.2. The third-order valence-corrected chi connectivity index (χ3v) is 3.15. The van der Waals surface area contributed by atoms with E-state index in [0.717, 1.165) is 5.76 Å². The van der Waals surface area contributed by atoms with Gasteiger partial charge in [0.1, 0.15) is 17.1 Å². The SMILES string of the molecule is COc1nn(C)cc1C(=O)Nc1nnc(-c2cc(C)oc2C)o1. The van der Waals surface area contributed by atoms with E-state index in [0.29, 0.717) is 11.3 Å². The van der Waals surface area contributed by atoms with Crippen LogP contribution in [0.25, 0.3) is 11.5 Å². The zero-order valence-electron chi connectivity index (χ0n) is 13.1. The Kier molecular flexibility index (Phi) is 3.61. The normalized spacial score (nSPS) is 10.8. The number of hydrogen-bond donors (Lipinski definition) is 1. The summed E-state index contributed by atoms with van der Waals surface area (Å²) in [6.07, 6.45) is 1.54. The van der Waals surface area contributed by atoms with E-state index in [-0.39, 0.29) is 23.3 Å². The Morgan fingerprint density at radius 3 is 2.74 bits per heavy atom. The van der Waals surface area contributed by atoms with E-state index in [2.05, 4.69) is 20.6 Å². The number of nitrogens with zero attached hydrogens (tertiary/aromatic N) is 4. The van der Waals surface area contributed by atoms with Gasteiger partial charge < -0.3 is 13.6 Å². The fourth-order valence-corrected chi connectivity index (χ4v) is 2.16. The Labute approximate surface area is 131 Å². The summed E-state index contributed by atoms with van der Waals surface area (Å²) in [6, 6.07) is 1.77. The van der Waals surface area contributed by atoms with Crippen LogP contribution in [0.2, 0.25) is 0 Å². The van der Waals surface area contributed by atoms with Crippen molar-refractivity contribution in [3.63, 3.8) is 0 Å². The summed E-state index contributed by atoms with van der Waals surface area (Å²) in [5.74, 6) is 1.43. The van der Waals surface area contributed by atoms with Crippen molar-refractivity contribution in [1.29, 1.82) is 0 Å². The smallest absolute Gasteiger partial charge is 0.322 e. The highest BCUT2D eigenvalue weighted by atomic mass is 16.5. The minimum Gasteiger partial charge on any atom is -0.479 e. The molecule has 0 saturated carbocycles. The third kappa shape index (κ3) is 2.80. The first-order valence-corrected chi connectivity index (χ1v) is 6.78. The number of carbonyl (C=O) groups is 1. The lowest BCUT2D eigenvalue weighted by Gasteiger charge is -1.99. The predicted octanol–water partition coefficient (Wildman–Crippen LogP) is 1.94. The summed E-state index contributed by atoms with van der Waals surface area (Å²) < 4.78 is 17.4. The maximum atomic E-state index is 12.2. The van der Waals surface area contributed by atoms with Crippen molar-refractivity contribution in [1.82, 2.24) is 20.0 Å². The molecule has 0 saturated heterocycles. The van der Waals surface area contributed by atoms with E-state index in [9.17, 15) is 4.79 Å². The number of rotatable bonds is 4. The molecule has 0 fully saturated rings. The Balaban J connectivity index is 1.81. The fourth-order valence-electron chi connectivity index (χ4n) is 2.16. The summed E-state index contributed by atoms with van der Waals surface area (Å²) in [5, 5.41) is 14.3. The van der Waals surface area contributed by atoms with Crippen LogP contribution in [0.4, 0.5) is 6.01 Å². The maximum Gasteiger partial charge on any atom is 0.322 e. The standard InChI is InChI=1S/C14H15N5O4/c1-7-5-9(8(2)22-7)12-16-17-14(23-12)15-11(20)10-6-19(3)18-13(10)21-4/h5-6H,1-4H3,(H,15,17,20). The van der Waals surface area contributed by atoms with Crippen LogP contribution in [0.5, 0.6) is 5.88 Å². The van der Waals surface area contributed by atoms with E-state index < -0.39 is 5.91 Å². The Morgan fingerprint density at radius 2 is 2.09 bits per heavy atom. The first-order valence-electron chi connectivity index (χ1n) is 6.78. The number of aromatic nitrogens is 4. The summed E-state index contributed by atoms with van der Waals surface area (Å²) in [4.78, 5) is 12.2. The van der Waals surface area contributed by atoms with Gasteiger partial charge in [0.25, 0.3) is 11.8 Å². The van der Waals surface area contributed by atoms with E-state index >= 15 is 0 Å². The molecule has 0 spiro atoms. The van der Waals surface area contributed by atoms with Gasteiger partial charge in [0.05, 0.1) is 12.7 Å². The Hall–Kier alpha value is -3.10. The molecule has 0 aromatic carbocycles. The number of ether oxygens (including phenoxy) is 1. The number of hydrogen-bond acceptors (Lipinski definition) is 7. The zero-order valence-corrected chi connectivity index (χ0v) is 13.1. The van der Waals surface area contributed by atoms with Crippen LogP contribution in [0.15, 0.2) is 21.1 Å². The van der Waals surface area contributed by atoms with Gasteiger partial charge in [-0.1, -0.05) is 5.10 Å². The molecule has 23 heavy (non-hydrogen) atoms. The van der Waals surface area contributed by atoms with Crippen molar-refractivity contribution < 1.29 is 18.4 Å². The van der Waals surface area contributed by atoms with Gasteiger partial charge >= 0.3 is 6.01 Å². The van der Waals surface area contributed by atoms with Crippen LogP contribution >= 0.6 is 0 Å². The molecule has 0 aliphatic carbocycles. The van der Waals surface area contributed by atoms with E-state index in [1.54, 1.807) is 20.0 Å². The van der Waals surface area contributed by atoms with Gasteiger partial charge in [-0.25, -0.2) is 0 Å². The highest BCUT2D eigenvalue weighted by Gasteiger charge is 2.20. The second-order valence-corrected chi connectivity index (χ2v) is 4.92. The summed E-state index contributed by atoms with van der Waals surface area (Å²) in [6.45, 7) is 3.62. The monoisotopic (exact) mass is 317 g/mol. The van der Waals surface area contributed by atoms with Crippen LogP contribution in [-0.4, -0.2) is 33.0 Å². The van der Waals surface area contributed by atoms with Crippen molar-refractivity contribution >= 4 is 11.9 Å². The van der Waals surface area contributed by atoms with Gasteiger partial charge in [-0.3, -0.25) is 14.8 Å². The molecule has 0 atom stereocenters. The Morgan fingerprint density at radius 1 is 1.30 bits per heavy atom. The van der Waals surface area contributed by atoms with Crippen molar-refractivity contribution in [3.05, 3.63) is 29.3 Å². The number of amides is 1. The lowest BCUT2D eigenvalue weighted by atomic mass is 10.2. The molecule has 3 rings (SSSR count). The topological polar surface area (TPSA) is 108 Å². The highest BCUT2D eigenvalue weighted by molar-refractivity contribution is 6.04. The molecule has 1 N–H and O–H groups in total. The van der Waals surface area contributed by atoms with Crippen molar-refractivity contribution in [2.45, 2.75) is 13.8 Å². The van der Waals surface area contributed by atoms with E-state index in [4.69, 9.17) is 13.6 Å². The van der Waals surface area contributed by atoms with E-state index in [1.807, 2.05) is 6.92 Å². The first-order chi connectivity index (χ1) is 11.0. The first kappa shape index (κ1) is 14.8. The molecule has 3 heterocycles. The van der Waals surface area contributed by atoms with Gasteiger partial charge in [-0.2, -0.15) is 0 Å². The minimum atomic E-state index is -0.453. The van der Waals surface area contributed by atoms with Gasteiger partial charge in [-0.05, 0) is 19.9 Å². The zero-order chi connectivity index (χ0) is 16.6. The van der Waals surface area contributed by atoms with E-state index in [1.165, 1.54) is 18.0 Å². The lowest BCUT2D eigenvalue weighted by molar-refractivity contribution is 0.102. The van der Waals surface area contributed by atoms with Gasteiger partial charge in [0, 0.05) is 13.2 Å². The molecule has 3 aromatic rings. The molecular weight excluding hydrogens is 302 g/mol. The lowest BCUT2D eigenvalue weighted by Crippen LogP contribution is -2.12. The van der Waals surface area contributed by atoms with Gasteiger partial charge in [-0.15, -0.1) is 10.2 Å². The molecule has 1 amide bonds. The molecule has 0 bridgehead atoms. The molecule has 0 unspecified atom stereocenters. The van der Waals surface area contributed by atoms with Crippen LogP contribution in [0, 0.1) is 13.8 Å². The number of methoxy groups -OCH3 is 1. The second-order valence-electron chi connectivity index (χ2n) is 4.92. The highest BCUT2D eigenvalue weighted by Crippen LogP contribution is 2.26. The average Bonchev–Trinajstić information content (AvgIpc) is 3.18. The van der Waals surface area contributed by atoms with Crippen molar-refractivity contribution in [2.75, 3.05) is 12.4 Å². The van der Waals surface area contributed by atoms with Crippen molar-refractivity contribution in [3.8, 4) is 17.3 Å². The number of nitrogens with one attached hydrogen (secondary N) is 1. The summed E-state index contributed by atoms with van der Waals surface area (Å²) in [7, 11) is 3.13. The van der Waals surface area contributed by atoms with Crippen molar-refractivity contribution in [2.24, 2.45) is 7.05 Å². The molecule has 9 nitrogen and oxygen atoms in total. The number of furan rings is 1. The molecule has 3 aromatic heterocycles. The number of carbonyl (C=O) groups excluding carboxylic acids is 1. The predicted molar refractivity (Wildman–Crippen MR) is 79.2 cm³/mol. The van der Waals surface area contributed by atoms with Gasteiger partial charge in [0.2, 0.25) is 5.88 Å². The second kappa shape index (κ2) is 5.59. The van der Waals surface area contributed by atoms with Crippen LogP contribution in [-0.2, 0) is 7.05 Å². The van der Waals surface area contributed by atoms with Gasteiger partial charge in [0.15, 0.2) is 0 Å². The summed E-state index contributed by atoms with van der Waals surface area (Å²) in [5.41, 5.74) is 0.958.